The van der Waals surface area contributed by atoms with Crippen LogP contribution in [0.3, 0.4) is 0 Å². The van der Waals surface area contributed by atoms with E-state index >= 15 is 0 Å². The molecule has 1 fully saturated rings. The molecule has 4 heteroatoms. The van der Waals surface area contributed by atoms with Crippen molar-refractivity contribution in [1.82, 2.24) is 5.32 Å². The minimum Gasteiger partial charge on any atom is -0.371 e. The van der Waals surface area contributed by atoms with Gasteiger partial charge in [0.15, 0.2) is 0 Å². The first-order chi connectivity index (χ1) is 12.1. The maximum absolute atomic E-state index is 12.1. The Bertz CT molecular complexity index is 684. The zero-order valence-corrected chi connectivity index (χ0v) is 15.0. The highest BCUT2D eigenvalue weighted by atomic mass is 16.2. The van der Waals surface area contributed by atoms with E-state index in [4.69, 9.17) is 0 Å². The van der Waals surface area contributed by atoms with Gasteiger partial charge < -0.3 is 15.5 Å². The number of urea groups is 1. The van der Waals surface area contributed by atoms with Gasteiger partial charge >= 0.3 is 6.03 Å². The Morgan fingerprint density at radius 2 is 1.84 bits per heavy atom. The van der Waals surface area contributed by atoms with E-state index in [1.807, 2.05) is 37.3 Å². The minimum atomic E-state index is -0.187. The average molecular weight is 337 g/mol. The van der Waals surface area contributed by atoms with E-state index in [1.165, 1.54) is 18.5 Å². The molecule has 2 N–H and O–H groups in total. The molecular weight excluding hydrogens is 310 g/mol. The van der Waals surface area contributed by atoms with Gasteiger partial charge in [-0.2, -0.15) is 0 Å². The summed E-state index contributed by atoms with van der Waals surface area (Å²) in [4.78, 5) is 14.6. The number of hydrogen-bond acceptors (Lipinski definition) is 2. The van der Waals surface area contributed by atoms with Crippen molar-refractivity contribution >= 4 is 17.4 Å². The summed E-state index contributed by atoms with van der Waals surface area (Å²) >= 11 is 0. The largest absolute Gasteiger partial charge is 0.371 e. The average Bonchev–Trinajstić information content (AvgIpc) is 2.62. The van der Waals surface area contributed by atoms with Crippen LogP contribution in [0.4, 0.5) is 16.2 Å². The molecule has 0 spiro atoms. The van der Waals surface area contributed by atoms with Crippen LogP contribution < -0.4 is 15.5 Å². The Balaban J connectivity index is 1.57. The number of nitrogens with zero attached hydrogens (tertiary/aromatic N) is 1. The number of rotatable bonds is 4. The second kappa shape index (κ2) is 8.06. The van der Waals surface area contributed by atoms with E-state index in [0.717, 1.165) is 30.3 Å². The van der Waals surface area contributed by atoms with Crippen molar-refractivity contribution in [2.45, 2.75) is 32.7 Å². The standard InChI is InChI=1S/C21H27N3O/c1-16-7-6-14-24(15-16)20-12-10-18(11-13-20)17(2)22-21(25)23-19-8-4-3-5-9-19/h3-5,8-13,16-17H,6-7,14-15H2,1-2H3,(H2,22,23,25)/t16-,17-/m0/s1. The Labute approximate surface area is 150 Å². The van der Waals surface area contributed by atoms with Gasteiger partial charge in [0.1, 0.15) is 0 Å². The van der Waals surface area contributed by atoms with Crippen LogP contribution in [0.2, 0.25) is 0 Å². The monoisotopic (exact) mass is 337 g/mol. The fourth-order valence-corrected chi connectivity index (χ4v) is 3.37. The third kappa shape index (κ3) is 4.75. The molecule has 1 saturated heterocycles. The molecule has 0 aliphatic carbocycles. The number of nitrogens with one attached hydrogen (secondary N) is 2. The van der Waals surface area contributed by atoms with Crippen LogP contribution >= 0.6 is 0 Å². The van der Waals surface area contributed by atoms with Gasteiger partial charge in [0.25, 0.3) is 0 Å². The molecule has 0 radical (unpaired) electrons. The molecule has 0 bridgehead atoms. The van der Waals surface area contributed by atoms with Crippen molar-refractivity contribution < 1.29 is 4.79 Å². The highest BCUT2D eigenvalue weighted by Gasteiger charge is 2.17. The van der Waals surface area contributed by atoms with Crippen molar-refractivity contribution in [3.05, 3.63) is 60.2 Å². The Hall–Kier alpha value is -2.49. The normalized spacial score (nSPS) is 18.5. The van der Waals surface area contributed by atoms with Crippen LogP contribution in [0.25, 0.3) is 0 Å². The number of para-hydroxylation sites is 1. The second-order valence-corrected chi connectivity index (χ2v) is 6.97. The lowest BCUT2D eigenvalue weighted by atomic mass is 9.99. The molecule has 1 aliphatic heterocycles. The van der Waals surface area contributed by atoms with Gasteiger partial charge in [0.05, 0.1) is 6.04 Å². The van der Waals surface area contributed by atoms with E-state index in [0.29, 0.717) is 0 Å². The van der Waals surface area contributed by atoms with Gasteiger partial charge in [-0.1, -0.05) is 37.3 Å². The maximum Gasteiger partial charge on any atom is 0.319 e. The highest BCUT2D eigenvalue weighted by Crippen LogP contribution is 2.24. The number of carbonyl (C=O) groups excluding carboxylic acids is 1. The number of anilines is 2. The summed E-state index contributed by atoms with van der Waals surface area (Å²) in [6, 6.07) is 17.8. The van der Waals surface area contributed by atoms with E-state index in [9.17, 15) is 4.79 Å². The number of benzene rings is 2. The molecular formula is C21H27N3O. The van der Waals surface area contributed by atoms with E-state index in [-0.39, 0.29) is 12.1 Å². The first kappa shape index (κ1) is 17.3. The lowest BCUT2D eigenvalue weighted by Gasteiger charge is -2.33. The molecule has 2 amide bonds. The first-order valence-electron chi connectivity index (χ1n) is 9.09. The smallest absolute Gasteiger partial charge is 0.319 e. The lowest BCUT2D eigenvalue weighted by Crippen LogP contribution is -2.34. The van der Waals surface area contributed by atoms with E-state index in [1.54, 1.807) is 0 Å². The number of hydrogen-bond donors (Lipinski definition) is 2. The van der Waals surface area contributed by atoms with Crippen molar-refractivity contribution in [2.24, 2.45) is 5.92 Å². The zero-order valence-electron chi connectivity index (χ0n) is 15.0. The third-order valence-corrected chi connectivity index (χ3v) is 4.79. The van der Waals surface area contributed by atoms with Crippen LogP contribution in [-0.2, 0) is 0 Å². The van der Waals surface area contributed by atoms with Crippen LogP contribution in [-0.4, -0.2) is 19.1 Å². The van der Waals surface area contributed by atoms with Crippen LogP contribution in [0.15, 0.2) is 54.6 Å². The molecule has 132 valence electrons. The molecule has 2 atom stereocenters. The summed E-state index contributed by atoms with van der Waals surface area (Å²) in [5, 5.41) is 5.84. The molecule has 2 aromatic rings. The number of piperidine rings is 1. The van der Waals surface area contributed by atoms with E-state index < -0.39 is 0 Å². The Morgan fingerprint density at radius 3 is 2.52 bits per heavy atom. The van der Waals surface area contributed by atoms with Crippen LogP contribution in [0.1, 0.15) is 38.3 Å². The van der Waals surface area contributed by atoms with Crippen molar-refractivity contribution in [2.75, 3.05) is 23.3 Å². The third-order valence-electron chi connectivity index (χ3n) is 4.79. The van der Waals surface area contributed by atoms with Gasteiger partial charge in [-0.15, -0.1) is 0 Å². The molecule has 0 saturated carbocycles. The minimum absolute atomic E-state index is 0.0435. The van der Waals surface area contributed by atoms with Crippen LogP contribution in [0, 0.1) is 5.92 Å². The molecule has 2 aromatic carbocycles. The summed E-state index contributed by atoms with van der Waals surface area (Å²) in [5.74, 6) is 0.760. The molecule has 3 rings (SSSR count). The summed E-state index contributed by atoms with van der Waals surface area (Å²) in [6.07, 6.45) is 2.59. The number of carbonyl (C=O) groups is 1. The van der Waals surface area contributed by atoms with Gasteiger partial charge in [0.2, 0.25) is 0 Å². The second-order valence-electron chi connectivity index (χ2n) is 6.97. The first-order valence-corrected chi connectivity index (χ1v) is 9.09. The fourth-order valence-electron chi connectivity index (χ4n) is 3.37. The predicted octanol–water partition coefficient (Wildman–Crippen LogP) is 4.81. The van der Waals surface area contributed by atoms with Crippen molar-refractivity contribution in [3.63, 3.8) is 0 Å². The summed E-state index contributed by atoms with van der Waals surface area (Å²) in [5.41, 5.74) is 3.18. The van der Waals surface area contributed by atoms with Crippen molar-refractivity contribution in [1.29, 1.82) is 0 Å². The van der Waals surface area contributed by atoms with Gasteiger partial charge in [-0.25, -0.2) is 4.79 Å². The highest BCUT2D eigenvalue weighted by molar-refractivity contribution is 5.89. The summed E-state index contributed by atoms with van der Waals surface area (Å²) in [7, 11) is 0. The van der Waals surface area contributed by atoms with Crippen LogP contribution in [0.5, 0.6) is 0 Å². The quantitative estimate of drug-likeness (QED) is 0.841. The van der Waals surface area contributed by atoms with Gasteiger partial charge in [0, 0.05) is 24.5 Å². The SMILES string of the molecule is C[C@H]1CCCN(c2ccc([C@H](C)NC(=O)Nc3ccccc3)cc2)C1. The van der Waals surface area contributed by atoms with E-state index in [2.05, 4.69) is 46.7 Å². The molecule has 4 nitrogen and oxygen atoms in total. The maximum atomic E-state index is 12.1. The van der Waals surface area contributed by atoms with Gasteiger partial charge in [-0.05, 0) is 55.5 Å². The summed E-state index contributed by atoms with van der Waals surface area (Å²) in [6.45, 7) is 6.59. The predicted molar refractivity (Wildman–Crippen MR) is 104 cm³/mol. The number of amides is 2. The molecule has 1 aliphatic rings. The topological polar surface area (TPSA) is 44.4 Å². The summed E-state index contributed by atoms with van der Waals surface area (Å²) < 4.78 is 0. The fraction of sp³-hybridized carbons (Fsp3) is 0.381. The van der Waals surface area contributed by atoms with Crippen molar-refractivity contribution in [3.8, 4) is 0 Å². The molecule has 1 heterocycles. The Morgan fingerprint density at radius 1 is 1.12 bits per heavy atom. The van der Waals surface area contributed by atoms with Gasteiger partial charge in [-0.3, -0.25) is 0 Å². The molecule has 25 heavy (non-hydrogen) atoms. The molecule has 0 unspecified atom stereocenters. The Kier molecular flexibility index (Phi) is 5.59. The zero-order chi connectivity index (χ0) is 17.6. The molecule has 0 aromatic heterocycles. The lowest BCUT2D eigenvalue weighted by molar-refractivity contribution is 0.249.